The van der Waals surface area contributed by atoms with Crippen LogP contribution in [-0.2, 0) is 30.5 Å². The lowest BCUT2D eigenvalue weighted by Gasteiger charge is -2.16. The Hall–Kier alpha value is -1.75. The Bertz CT molecular complexity index is 693. The van der Waals surface area contributed by atoms with Crippen molar-refractivity contribution in [2.75, 3.05) is 5.32 Å². The van der Waals surface area contributed by atoms with Gasteiger partial charge in [-0.15, -0.1) is 10.2 Å². The Balaban J connectivity index is 1.60. The van der Waals surface area contributed by atoms with Crippen molar-refractivity contribution in [3.05, 3.63) is 39.9 Å². The Morgan fingerprint density at radius 1 is 1.22 bits per heavy atom. The number of fused-ring (bicyclic) bond motifs is 1. The molecule has 1 aliphatic carbocycles. The molecule has 0 saturated carbocycles. The zero-order valence-electron chi connectivity index (χ0n) is 13.8. The fourth-order valence-electron chi connectivity index (χ4n) is 2.98. The number of rotatable bonds is 5. The molecule has 2 aromatic rings. The van der Waals surface area contributed by atoms with Gasteiger partial charge in [0.25, 0.3) is 0 Å². The number of nitrogens with one attached hydrogen (secondary N) is 1. The largest absolute Gasteiger partial charge is 0.300 e. The minimum atomic E-state index is -0.0204. The van der Waals surface area contributed by atoms with E-state index in [1.807, 2.05) is 0 Å². The van der Waals surface area contributed by atoms with Crippen LogP contribution >= 0.6 is 11.3 Å². The summed E-state index contributed by atoms with van der Waals surface area (Å²) in [6.07, 6.45) is 6.14. The third-order valence-electron chi connectivity index (χ3n) is 4.07. The van der Waals surface area contributed by atoms with Gasteiger partial charge in [-0.05, 0) is 48.3 Å². The minimum Gasteiger partial charge on any atom is -0.300 e. The molecule has 5 heteroatoms. The Kier molecular flexibility index (Phi) is 5.06. The first kappa shape index (κ1) is 16.1. The number of carbonyl (C=O) groups is 1. The summed E-state index contributed by atoms with van der Waals surface area (Å²) in [6, 6.07) is 6.45. The molecule has 3 rings (SSSR count). The Morgan fingerprint density at radius 3 is 2.78 bits per heavy atom. The highest BCUT2D eigenvalue weighted by atomic mass is 32.1. The number of nitrogens with zero attached hydrogens (tertiary/aromatic N) is 2. The Morgan fingerprint density at radius 2 is 2.00 bits per heavy atom. The first-order valence-corrected chi connectivity index (χ1v) is 9.14. The van der Waals surface area contributed by atoms with Gasteiger partial charge in [0.1, 0.15) is 5.01 Å². The van der Waals surface area contributed by atoms with E-state index in [0.717, 1.165) is 23.4 Å². The van der Waals surface area contributed by atoms with Gasteiger partial charge in [-0.3, -0.25) is 4.79 Å². The van der Waals surface area contributed by atoms with Crippen molar-refractivity contribution in [1.29, 1.82) is 0 Å². The van der Waals surface area contributed by atoms with Gasteiger partial charge in [-0.2, -0.15) is 0 Å². The van der Waals surface area contributed by atoms with Crippen LogP contribution in [0.5, 0.6) is 0 Å². The second-order valence-corrected chi connectivity index (χ2v) is 7.70. The molecule has 0 radical (unpaired) electrons. The Labute approximate surface area is 141 Å². The smallest absolute Gasteiger partial charge is 0.230 e. The van der Waals surface area contributed by atoms with Crippen molar-refractivity contribution < 1.29 is 4.79 Å². The molecule has 0 atom stereocenters. The van der Waals surface area contributed by atoms with E-state index in [0.29, 0.717) is 17.5 Å². The SMILES string of the molecule is CC(C)Cc1nnc(NC(=O)Cc2ccc3c(c2)CCCC3)s1. The summed E-state index contributed by atoms with van der Waals surface area (Å²) in [4.78, 5) is 12.2. The maximum atomic E-state index is 12.2. The number of aromatic nitrogens is 2. The van der Waals surface area contributed by atoms with Gasteiger partial charge in [-0.25, -0.2) is 0 Å². The first-order valence-electron chi connectivity index (χ1n) is 8.33. The molecular weight excluding hydrogens is 306 g/mol. The molecular formula is C18H23N3OS. The summed E-state index contributed by atoms with van der Waals surface area (Å²) < 4.78 is 0. The van der Waals surface area contributed by atoms with Crippen LogP contribution in [0, 0.1) is 5.92 Å². The van der Waals surface area contributed by atoms with Gasteiger partial charge < -0.3 is 5.32 Å². The molecule has 1 aromatic carbocycles. The van der Waals surface area contributed by atoms with E-state index in [2.05, 4.69) is 47.6 Å². The normalized spacial score (nSPS) is 13.9. The zero-order chi connectivity index (χ0) is 16.2. The van der Waals surface area contributed by atoms with Crippen LogP contribution in [0.1, 0.15) is 48.4 Å². The molecule has 4 nitrogen and oxygen atoms in total. The number of hydrogen-bond acceptors (Lipinski definition) is 4. The molecule has 23 heavy (non-hydrogen) atoms. The van der Waals surface area contributed by atoms with Crippen molar-refractivity contribution in [3.8, 4) is 0 Å². The lowest BCUT2D eigenvalue weighted by Crippen LogP contribution is -2.15. The number of anilines is 1. The maximum absolute atomic E-state index is 12.2. The van der Waals surface area contributed by atoms with E-state index in [4.69, 9.17) is 0 Å². The predicted octanol–water partition coefficient (Wildman–Crippen LogP) is 3.80. The van der Waals surface area contributed by atoms with Crippen LogP contribution in [-0.4, -0.2) is 16.1 Å². The highest BCUT2D eigenvalue weighted by molar-refractivity contribution is 7.15. The summed E-state index contributed by atoms with van der Waals surface area (Å²) in [5.74, 6) is 0.523. The molecule has 1 aliphatic rings. The third-order valence-corrected chi connectivity index (χ3v) is 4.93. The predicted molar refractivity (Wildman–Crippen MR) is 93.9 cm³/mol. The highest BCUT2D eigenvalue weighted by Crippen LogP contribution is 2.23. The van der Waals surface area contributed by atoms with Crippen molar-refractivity contribution >= 4 is 22.4 Å². The summed E-state index contributed by atoms with van der Waals surface area (Å²) in [5.41, 5.74) is 3.94. The molecule has 1 amide bonds. The average molecular weight is 329 g/mol. The van der Waals surface area contributed by atoms with E-state index in [-0.39, 0.29) is 5.91 Å². The fourth-order valence-corrected chi connectivity index (χ4v) is 3.95. The van der Waals surface area contributed by atoms with Crippen molar-refractivity contribution in [2.24, 2.45) is 5.92 Å². The lowest BCUT2D eigenvalue weighted by molar-refractivity contribution is -0.115. The third kappa shape index (κ3) is 4.38. The second kappa shape index (κ2) is 7.21. The van der Waals surface area contributed by atoms with Crippen molar-refractivity contribution in [2.45, 2.75) is 52.4 Å². The van der Waals surface area contributed by atoms with E-state index >= 15 is 0 Å². The van der Waals surface area contributed by atoms with E-state index in [9.17, 15) is 4.79 Å². The van der Waals surface area contributed by atoms with Crippen LogP contribution in [0.3, 0.4) is 0 Å². The van der Waals surface area contributed by atoms with Crippen LogP contribution in [0.15, 0.2) is 18.2 Å². The minimum absolute atomic E-state index is 0.0204. The van der Waals surface area contributed by atoms with Gasteiger partial charge in [0.05, 0.1) is 6.42 Å². The lowest BCUT2D eigenvalue weighted by atomic mass is 9.90. The van der Waals surface area contributed by atoms with Gasteiger partial charge in [-0.1, -0.05) is 43.4 Å². The molecule has 0 unspecified atom stereocenters. The summed E-state index contributed by atoms with van der Waals surface area (Å²) in [6.45, 7) is 4.30. The van der Waals surface area contributed by atoms with Gasteiger partial charge in [0, 0.05) is 6.42 Å². The van der Waals surface area contributed by atoms with Crippen LogP contribution in [0.25, 0.3) is 0 Å². The van der Waals surface area contributed by atoms with Crippen molar-refractivity contribution in [1.82, 2.24) is 10.2 Å². The molecule has 0 spiro atoms. The van der Waals surface area contributed by atoms with Crippen LogP contribution < -0.4 is 5.32 Å². The van der Waals surface area contributed by atoms with E-state index in [1.54, 1.807) is 0 Å². The maximum Gasteiger partial charge on any atom is 0.230 e. The quantitative estimate of drug-likeness (QED) is 0.908. The number of aryl methyl sites for hydroxylation is 2. The van der Waals surface area contributed by atoms with Crippen molar-refractivity contribution in [3.63, 3.8) is 0 Å². The standard InChI is InChI=1S/C18H23N3OS/c1-12(2)9-17-20-21-18(23-17)19-16(22)11-13-7-8-14-5-3-4-6-15(14)10-13/h7-8,10,12H,3-6,9,11H2,1-2H3,(H,19,21,22). The van der Waals surface area contributed by atoms with Crippen LogP contribution in [0.2, 0.25) is 0 Å². The topological polar surface area (TPSA) is 54.9 Å². The molecule has 1 aromatic heterocycles. The second-order valence-electron chi connectivity index (χ2n) is 6.63. The molecule has 122 valence electrons. The van der Waals surface area contributed by atoms with Gasteiger partial charge in [0.2, 0.25) is 11.0 Å². The molecule has 0 aliphatic heterocycles. The zero-order valence-corrected chi connectivity index (χ0v) is 14.6. The molecule has 0 saturated heterocycles. The van der Waals surface area contributed by atoms with Gasteiger partial charge >= 0.3 is 0 Å². The molecule has 1 heterocycles. The average Bonchev–Trinajstić information content (AvgIpc) is 2.93. The summed E-state index contributed by atoms with van der Waals surface area (Å²) >= 11 is 1.47. The molecule has 0 fully saturated rings. The van der Waals surface area contributed by atoms with Crippen LogP contribution in [0.4, 0.5) is 5.13 Å². The van der Waals surface area contributed by atoms with E-state index < -0.39 is 0 Å². The number of hydrogen-bond donors (Lipinski definition) is 1. The van der Waals surface area contributed by atoms with Gasteiger partial charge in [0.15, 0.2) is 0 Å². The number of carbonyl (C=O) groups excluding carboxylic acids is 1. The fraction of sp³-hybridized carbons (Fsp3) is 0.500. The first-order chi connectivity index (χ1) is 11.1. The number of benzene rings is 1. The van der Waals surface area contributed by atoms with E-state index in [1.165, 1.54) is 41.7 Å². The highest BCUT2D eigenvalue weighted by Gasteiger charge is 2.13. The monoisotopic (exact) mass is 329 g/mol. The molecule has 0 bridgehead atoms. The molecule has 1 N–H and O–H groups in total. The summed E-state index contributed by atoms with van der Waals surface area (Å²) in [7, 11) is 0. The number of amides is 1. The summed E-state index contributed by atoms with van der Waals surface area (Å²) in [5, 5.41) is 12.6.